The molecule has 0 saturated heterocycles. The van der Waals surface area contributed by atoms with Crippen LogP contribution in [0.25, 0.3) is 0 Å². The lowest BCUT2D eigenvalue weighted by Crippen LogP contribution is -2.38. The van der Waals surface area contributed by atoms with E-state index in [0.29, 0.717) is 16.9 Å². The molecule has 0 amide bonds. The topological polar surface area (TPSA) is 33.6 Å². The van der Waals surface area contributed by atoms with Gasteiger partial charge in [-0.3, -0.25) is 0 Å². The molecule has 0 aromatic rings. The van der Waals surface area contributed by atoms with Crippen molar-refractivity contribution in [2.24, 2.45) is 15.8 Å². The summed E-state index contributed by atoms with van der Waals surface area (Å²) in [6.07, 6.45) is 15.3. The highest BCUT2D eigenvalue weighted by molar-refractivity contribution is 5.75. The van der Waals surface area contributed by atoms with Gasteiger partial charge in [0.2, 0.25) is 0 Å². The molecule has 0 aromatic heterocycles. The van der Waals surface area contributed by atoms with Crippen LogP contribution in [0.3, 0.4) is 0 Å². The van der Waals surface area contributed by atoms with Gasteiger partial charge in [-0.1, -0.05) is 46.0 Å². The number of ether oxygens (including phenoxy) is 1. The van der Waals surface area contributed by atoms with Crippen molar-refractivity contribution in [3.8, 4) is 0 Å². The van der Waals surface area contributed by atoms with Crippen molar-refractivity contribution in [1.29, 1.82) is 0 Å². The first kappa shape index (κ1) is 16.1. The average molecular weight is 306 g/mol. The van der Waals surface area contributed by atoms with Crippen molar-refractivity contribution < 1.29 is 4.74 Å². The minimum atomic E-state index is 0.520. The van der Waals surface area contributed by atoms with E-state index >= 15 is 0 Å². The van der Waals surface area contributed by atoms with Crippen LogP contribution in [-0.2, 0) is 4.74 Å². The Morgan fingerprint density at radius 3 is 2.27 bits per heavy atom. The fourth-order valence-corrected chi connectivity index (χ4v) is 4.96. The van der Waals surface area contributed by atoms with Gasteiger partial charge in [0.1, 0.15) is 6.61 Å². The number of hydrogen-bond acceptors (Lipinski definition) is 3. The third-order valence-corrected chi connectivity index (χ3v) is 6.90. The van der Waals surface area contributed by atoms with Crippen molar-refractivity contribution in [3.05, 3.63) is 0 Å². The summed E-state index contributed by atoms with van der Waals surface area (Å²) in [7, 11) is 0. The lowest BCUT2D eigenvalue weighted by atomic mass is 9.58. The van der Waals surface area contributed by atoms with E-state index in [2.05, 4.69) is 24.2 Å². The molecule has 2 saturated carbocycles. The van der Waals surface area contributed by atoms with Gasteiger partial charge in [0, 0.05) is 6.04 Å². The first-order valence-electron chi connectivity index (χ1n) is 9.55. The molecule has 1 aliphatic heterocycles. The maximum absolute atomic E-state index is 5.54. The second-order valence-corrected chi connectivity index (χ2v) is 8.34. The largest absolute Gasteiger partial charge is 0.463 e. The number of hydrogen-bond donors (Lipinski definition) is 1. The number of amidine groups is 1. The first-order valence-corrected chi connectivity index (χ1v) is 9.55. The van der Waals surface area contributed by atoms with Crippen molar-refractivity contribution in [2.45, 2.75) is 90.5 Å². The molecular weight excluding hydrogens is 272 g/mol. The Hall–Kier alpha value is -0.730. The van der Waals surface area contributed by atoms with Gasteiger partial charge in [-0.05, 0) is 49.4 Å². The molecule has 3 rings (SSSR count). The molecule has 1 N–H and O–H groups in total. The Morgan fingerprint density at radius 1 is 0.909 bits per heavy atom. The minimum Gasteiger partial charge on any atom is -0.463 e. The fraction of sp³-hybridized carbons (Fsp3) is 0.947. The second kappa shape index (κ2) is 6.80. The third-order valence-electron chi connectivity index (χ3n) is 6.90. The Labute approximate surface area is 136 Å². The van der Waals surface area contributed by atoms with Crippen LogP contribution in [0, 0.1) is 10.8 Å². The van der Waals surface area contributed by atoms with E-state index in [1.54, 1.807) is 0 Å². The van der Waals surface area contributed by atoms with Gasteiger partial charge in [-0.25, -0.2) is 4.99 Å². The number of nitrogens with zero attached hydrogens (tertiary/aromatic N) is 1. The fourth-order valence-electron chi connectivity index (χ4n) is 4.96. The summed E-state index contributed by atoms with van der Waals surface area (Å²) in [5.74, 6) is 0. The molecule has 2 unspecified atom stereocenters. The minimum absolute atomic E-state index is 0.520. The van der Waals surface area contributed by atoms with Gasteiger partial charge < -0.3 is 10.1 Å². The predicted molar refractivity (Wildman–Crippen MR) is 92.2 cm³/mol. The second-order valence-electron chi connectivity index (χ2n) is 8.34. The Kier molecular flexibility index (Phi) is 4.99. The number of rotatable bonds is 2. The van der Waals surface area contributed by atoms with Gasteiger partial charge >= 0.3 is 0 Å². The molecule has 3 heteroatoms. The van der Waals surface area contributed by atoms with E-state index in [1.807, 2.05) is 0 Å². The van der Waals surface area contributed by atoms with E-state index in [1.165, 1.54) is 70.6 Å². The molecule has 2 aliphatic carbocycles. The maximum Gasteiger partial charge on any atom is 0.285 e. The third kappa shape index (κ3) is 3.44. The molecule has 0 bridgehead atoms. The zero-order valence-corrected chi connectivity index (χ0v) is 14.6. The smallest absolute Gasteiger partial charge is 0.285 e. The normalized spacial score (nSPS) is 35.9. The van der Waals surface area contributed by atoms with E-state index in [9.17, 15) is 0 Å². The van der Waals surface area contributed by atoms with Gasteiger partial charge in [0.15, 0.2) is 0 Å². The van der Waals surface area contributed by atoms with Crippen LogP contribution in [0.1, 0.15) is 84.5 Å². The molecule has 22 heavy (non-hydrogen) atoms. The summed E-state index contributed by atoms with van der Waals surface area (Å²) in [4.78, 5) is 4.40. The highest BCUT2D eigenvalue weighted by Gasteiger charge is 2.44. The van der Waals surface area contributed by atoms with Gasteiger partial charge in [-0.2, -0.15) is 0 Å². The van der Waals surface area contributed by atoms with Crippen LogP contribution in [0.2, 0.25) is 0 Å². The molecule has 2 atom stereocenters. The molecule has 0 aromatic carbocycles. The molecule has 0 radical (unpaired) electrons. The number of nitrogens with one attached hydrogen (secondary N) is 1. The summed E-state index contributed by atoms with van der Waals surface area (Å²) < 4.78 is 5.54. The lowest BCUT2D eigenvalue weighted by Gasteiger charge is -2.47. The molecule has 1 heterocycles. The van der Waals surface area contributed by atoms with Gasteiger partial charge in [0.05, 0.1) is 6.54 Å². The quantitative estimate of drug-likeness (QED) is 0.753. The molecular formula is C19H34N2O. The summed E-state index contributed by atoms with van der Waals surface area (Å²) in [5, 5.41) is 3.55. The van der Waals surface area contributed by atoms with E-state index in [-0.39, 0.29) is 0 Å². The van der Waals surface area contributed by atoms with Crippen LogP contribution in [0.5, 0.6) is 0 Å². The van der Waals surface area contributed by atoms with Crippen LogP contribution in [-0.4, -0.2) is 25.2 Å². The zero-order valence-electron chi connectivity index (χ0n) is 14.6. The highest BCUT2D eigenvalue weighted by atomic mass is 16.5. The highest BCUT2D eigenvalue weighted by Crippen LogP contribution is 2.54. The van der Waals surface area contributed by atoms with E-state index in [0.717, 1.165) is 19.2 Å². The van der Waals surface area contributed by atoms with E-state index < -0.39 is 0 Å². The summed E-state index contributed by atoms with van der Waals surface area (Å²) >= 11 is 0. The zero-order chi connectivity index (χ0) is 15.5. The molecule has 126 valence electrons. The monoisotopic (exact) mass is 306 g/mol. The van der Waals surface area contributed by atoms with Crippen molar-refractivity contribution in [2.75, 3.05) is 13.2 Å². The Bertz CT molecular complexity index is 398. The average Bonchev–Trinajstić information content (AvgIpc) is 2.80. The molecule has 3 aliphatic rings. The summed E-state index contributed by atoms with van der Waals surface area (Å²) in [6, 6.07) is 1.36. The predicted octanol–water partition coefficient (Wildman–Crippen LogP) is 4.66. The Morgan fingerprint density at radius 2 is 1.59 bits per heavy atom. The molecule has 2 fully saturated rings. The first-order chi connectivity index (χ1) is 10.6. The maximum atomic E-state index is 5.54. The lowest BCUT2D eigenvalue weighted by molar-refractivity contribution is 0.0345. The van der Waals surface area contributed by atoms with Crippen LogP contribution >= 0.6 is 0 Å². The Balaban J connectivity index is 1.62. The SMILES string of the molecule is CC1(C2(C)CCCC(NC3=NCCO3)CC2)CCCCCC1. The van der Waals surface area contributed by atoms with Crippen LogP contribution in [0.15, 0.2) is 4.99 Å². The van der Waals surface area contributed by atoms with Crippen molar-refractivity contribution in [3.63, 3.8) is 0 Å². The summed E-state index contributed by atoms with van der Waals surface area (Å²) in [5.41, 5.74) is 1.08. The molecule has 3 nitrogen and oxygen atoms in total. The molecule has 0 spiro atoms. The van der Waals surface area contributed by atoms with Crippen LogP contribution in [0.4, 0.5) is 0 Å². The van der Waals surface area contributed by atoms with Crippen molar-refractivity contribution in [1.82, 2.24) is 5.32 Å². The van der Waals surface area contributed by atoms with Gasteiger partial charge in [0.25, 0.3) is 6.02 Å². The van der Waals surface area contributed by atoms with Crippen molar-refractivity contribution >= 4 is 6.02 Å². The number of aliphatic imine (C=N–C) groups is 1. The van der Waals surface area contributed by atoms with Gasteiger partial charge in [-0.15, -0.1) is 0 Å². The standard InChI is InChI=1S/C19H34N2O/c1-18(10-5-3-4-6-11-18)19(2)12-7-8-16(9-13-19)21-17-20-14-15-22-17/h16H,3-15H2,1-2H3,(H,20,21). The van der Waals surface area contributed by atoms with Crippen LogP contribution < -0.4 is 5.32 Å². The summed E-state index contributed by atoms with van der Waals surface area (Å²) in [6.45, 7) is 6.76. The van der Waals surface area contributed by atoms with E-state index in [4.69, 9.17) is 4.74 Å².